The number of hydrogen-bond acceptors (Lipinski definition) is 5. The van der Waals surface area contributed by atoms with Crippen molar-refractivity contribution in [1.82, 2.24) is 14.8 Å². The van der Waals surface area contributed by atoms with Crippen molar-refractivity contribution < 1.29 is 23.1 Å². The van der Waals surface area contributed by atoms with E-state index < -0.39 is 11.9 Å². The van der Waals surface area contributed by atoms with Gasteiger partial charge in [0, 0.05) is 44.1 Å². The number of rotatable bonds is 8. The molecule has 0 N–H and O–H groups in total. The van der Waals surface area contributed by atoms with Gasteiger partial charge in [0.15, 0.2) is 0 Å². The topological polar surface area (TPSA) is 65.5 Å². The summed E-state index contributed by atoms with van der Waals surface area (Å²) in [4.78, 5) is 30.8. The first-order chi connectivity index (χ1) is 18.0. The van der Waals surface area contributed by atoms with E-state index in [-0.39, 0.29) is 30.1 Å². The van der Waals surface area contributed by atoms with Crippen LogP contribution in [0.1, 0.15) is 42.9 Å². The highest BCUT2D eigenvalue weighted by atomic mass is 19.1. The number of hydrazone groups is 1. The Morgan fingerprint density at radius 3 is 2.43 bits per heavy atom. The molecule has 0 spiro atoms. The lowest BCUT2D eigenvalue weighted by atomic mass is 9.84. The fourth-order valence-electron chi connectivity index (χ4n) is 5.05. The van der Waals surface area contributed by atoms with Crippen molar-refractivity contribution >= 4 is 17.5 Å². The molecule has 0 bridgehead atoms. The van der Waals surface area contributed by atoms with Crippen molar-refractivity contribution in [3.05, 3.63) is 71.3 Å². The Kier molecular flexibility index (Phi) is 7.90. The monoisotopic (exact) mass is 510 g/mol. The first-order valence-corrected chi connectivity index (χ1v) is 13.0. The van der Waals surface area contributed by atoms with Crippen LogP contribution in [0.2, 0.25) is 0 Å². The largest absolute Gasteiger partial charge is 0.379 e. The smallest absolute Gasteiger partial charge is 0.262 e. The van der Waals surface area contributed by atoms with Crippen molar-refractivity contribution in [2.24, 2.45) is 11.0 Å². The minimum Gasteiger partial charge on any atom is -0.379 e. The summed E-state index contributed by atoms with van der Waals surface area (Å²) >= 11 is 0. The van der Waals surface area contributed by atoms with Gasteiger partial charge in [0.05, 0.1) is 25.0 Å². The molecule has 2 heterocycles. The Labute approximate surface area is 215 Å². The van der Waals surface area contributed by atoms with E-state index in [0.29, 0.717) is 49.6 Å². The quantitative estimate of drug-likeness (QED) is 0.545. The van der Waals surface area contributed by atoms with Crippen LogP contribution in [0.15, 0.2) is 53.6 Å². The standard InChI is InChI=1S/C28H32F2N4O3/c29-22-10-8-20(9-11-22)26-18-25(23-6-1-2-7-24(23)30)31-34(26)27(35)19-33(28(36)21-4-3-5-21)13-12-32-14-16-37-17-15-32/h1-2,6-11,21,26H,3-5,12-19H2/t26-/m0/s1. The van der Waals surface area contributed by atoms with Gasteiger partial charge >= 0.3 is 0 Å². The van der Waals surface area contributed by atoms with Crippen LogP contribution < -0.4 is 0 Å². The number of hydrogen-bond donors (Lipinski definition) is 0. The fourth-order valence-corrected chi connectivity index (χ4v) is 5.05. The lowest BCUT2D eigenvalue weighted by Crippen LogP contribution is -2.49. The number of carbonyl (C=O) groups excluding carboxylic acids is 2. The third-order valence-corrected chi connectivity index (χ3v) is 7.49. The summed E-state index contributed by atoms with van der Waals surface area (Å²) in [7, 11) is 0. The third-order valence-electron chi connectivity index (χ3n) is 7.49. The van der Waals surface area contributed by atoms with Crippen molar-refractivity contribution in [1.29, 1.82) is 0 Å². The Hall–Kier alpha value is -3.17. The van der Waals surface area contributed by atoms with Crippen LogP contribution in [0.25, 0.3) is 0 Å². The number of carbonyl (C=O) groups is 2. The molecular weight excluding hydrogens is 478 g/mol. The van der Waals surface area contributed by atoms with Crippen molar-refractivity contribution in [3.8, 4) is 0 Å². The maximum Gasteiger partial charge on any atom is 0.262 e. The van der Waals surface area contributed by atoms with E-state index >= 15 is 0 Å². The molecule has 2 fully saturated rings. The summed E-state index contributed by atoms with van der Waals surface area (Å²) in [6, 6.07) is 11.7. The zero-order valence-electron chi connectivity index (χ0n) is 20.8. The summed E-state index contributed by atoms with van der Waals surface area (Å²) < 4.78 is 33.6. The van der Waals surface area contributed by atoms with E-state index in [2.05, 4.69) is 10.0 Å². The molecule has 0 aromatic heterocycles. The molecule has 196 valence electrons. The molecule has 3 aliphatic rings. The molecule has 2 aromatic rings. The molecule has 9 heteroatoms. The van der Waals surface area contributed by atoms with Gasteiger partial charge in [-0.2, -0.15) is 5.10 Å². The second-order valence-corrected chi connectivity index (χ2v) is 9.88. The van der Waals surface area contributed by atoms with Crippen LogP contribution in [-0.2, 0) is 14.3 Å². The van der Waals surface area contributed by atoms with Crippen LogP contribution in [0.3, 0.4) is 0 Å². The summed E-state index contributed by atoms with van der Waals surface area (Å²) in [5.41, 5.74) is 1.49. The minimum atomic E-state index is -0.511. The third kappa shape index (κ3) is 5.88. The first kappa shape index (κ1) is 25.5. The van der Waals surface area contributed by atoms with Crippen molar-refractivity contribution in [2.75, 3.05) is 45.9 Å². The average molecular weight is 511 g/mol. The average Bonchev–Trinajstić information content (AvgIpc) is 3.32. The highest BCUT2D eigenvalue weighted by Crippen LogP contribution is 2.34. The zero-order chi connectivity index (χ0) is 25.8. The van der Waals surface area contributed by atoms with Gasteiger partial charge in [0.25, 0.3) is 5.91 Å². The molecule has 1 atom stereocenters. The number of amides is 2. The molecule has 2 aliphatic heterocycles. The molecule has 5 rings (SSSR count). The van der Waals surface area contributed by atoms with Gasteiger partial charge < -0.3 is 9.64 Å². The normalized spacial score (nSPS) is 20.4. The second-order valence-electron chi connectivity index (χ2n) is 9.88. The van der Waals surface area contributed by atoms with E-state index in [1.165, 1.54) is 23.2 Å². The van der Waals surface area contributed by atoms with E-state index in [9.17, 15) is 18.4 Å². The van der Waals surface area contributed by atoms with Gasteiger partial charge in [-0.3, -0.25) is 14.5 Å². The summed E-state index contributed by atoms with van der Waals surface area (Å²) in [5.74, 6) is -1.17. The lowest BCUT2D eigenvalue weighted by molar-refractivity contribution is -0.145. The summed E-state index contributed by atoms with van der Waals surface area (Å²) in [6.07, 6.45) is 3.01. The molecule has 2 aromatic carbocycles. The number of benzene rings is 2. The van der Waals surface area contributed by atoms with Gasteiger partial charge in [-0.1, -0.05) is 36.8 Å². The van der Waals surface area contributed by atoms with E-state index in [1.807, 2.05) is 0 Å². The SMILES string of the molecule is O=C(C1CCC1)N(CCN1CCOCC1)CC(=O)N1N=C(c2ccccc2F)C[C@H]1c1ccc(F)cc1. The molecule has 0 unspecified atom stereocenters. The highest BCUT2D eigenvalue weighted by molar-refractivity contribution is 6.03. The molecule has 1 saturated heterocycles. The molecule has 2 amide bonds. The molecular formula is C28H32F2N4O3. The van der Waals surface area contributed by atoms with Crippen LogP contribution in [0.4, 0.5) is 8.78 Å². The van der Waals surface area contributed by atoms with Crippen LogP contribution in [-0.4, -0.2) is 78.3 Å². The van der Waals surface area contributed by atoms with Crippen LogP contribution >= 0.6 is 0 Å². The predicted molar refractivity (Wildman–Crippen MR) is 135 cm³/mol. The summed E-state index contributed by atoms with van der Waals surface area (Å²) in [6.45, 7) is 3.93. The van der Waals surface area contributed by atoms with Gasteiger partial charge in [0.2, 0.25) is 5.91 Å². The van der Waals surface area contributed by atoms with Crippen molar-refractivity contribution in [3.63, 3.8) is 0 Å². The molecule has 0 radical (unpaired) electrons. The van der Waals surface area contributed by atoms with Gasteiger partial charge in [-0.05, 0) is 36.6 Å². The number of halogens is 2. The fraction of sp³-hybridized carbons (Fsp3) is 0.464. The Bertz CT molecular complexity index is 1150. The van der Waals surface area contributed by atoms with E-state index in [0.717, 1.165) is 32.4 Å². The predicted octanol–water partition coefficient (Wildman–Crippen LogP) is 3.60. The molecule has 1 saturated carbocycles. The summed E-state index contributed by atoms with van der Waals surface area (Å²) in [5, 5.41) is 5.89. The van der Waals surface area contributed by atoms with Crippen molar-refractivity contribution in [2.45, 2.75) is 31.7 Å². The number of nitrogens with zero attached hydrogens (tertiary/aromatic N) is 4. The number of morpholine rings is 1. The van der Waals surface area contributed by atoms with Crippen LogP contribution in [0, 0.1) is 17.6 Å². The molecule has 1 aliphatic carbocycles. The first-order valence-electron chi connectivity index (χ1n) is 13.0. The Balaban J connectivity index is 1.37. The van der Waals surface area contributed by atoms with Gasteiger partial charge in [-0.25, -0.2) is 13.8 Å². The van der Waals surface area contributed by atoms with E-state index in [1.54, 1.807) is 35.2 Å². The maximum atomic E-state index is 14.6. The highest BCUT2D eigenvalue weighted by Gasteiger charge is 2.37. The minimum absolute atomic E-state index is 0.00342. The maximum absolute atomic E-state index is 14.6. The lowest BCUT2D eigenvalue weighted by Gasteiger charge is -2.34. The Morgan fingerprint density at radius 1 is 1.03 bits per heavy atom. The Morgan fingerprint density at radius 2 is 1.76 bits per heavy atom. The second kappa shape index (κ2) is 11.5. The van der Waals surface area contributed by atoms with Gasteiger partial charge in [0.1, 0.15) is 18.2 Å². The molecule has 7 nitrogen and oxygen atoms in total. The molecule has 37 heavy (non-hydrogen) atoms. The van der Waals surface area contributed by atoms with Gasteiger partial charge in [-0.15, -0.1) is 0 Å². The van der Waals surface area contributed by atoms with E-state index in [4.69, 9.17) is 4.74 Å². The number of ether oxygens (including phenoxy) is 1. The zero-order valence-corrected chi connectivity index (χ0v) is 20.8. The van der Waals surface area contributed by atoms with Crippen LogP contribution in [0.5, 0.6) is 0 Å².